The van der Waals surface area contributed by atoms with Crippen molar-refractivity contribution in [2.24, 2.45) is 0 Å². The van der Waals surface area contributed by atoms with Gasteiger partial charge in [-0.15, -0.1) is 10.2 Å². The van der Waals surface area contributed by atoms with Crippen LogP contribution in [-0.4, -0.2) is 55.9 Å². The van der Waals surface area contributed by atoms with Crippen LogP contribution < -0.4 is 10.0 Å². The molecule has 0 bridgehead atoms. The van der Waals surface area contributed by atoms with Crippen LogP contribution in [0.5, 0.6) is 0 Å². The Morgan fingerprint density at radius 3 is 2.48 bits per heavy atom. The molecule has 1 fully saturated rings. The second-order valence-electron chi connectivity index (χ2n) is 8.32. The van der Waals surface area contributed by atoms with Crippen molar-refractivity contribution in [2.75, 3.05) is 36.4 Å². The topological polar surface area (TPSA) is 87.2 Å². The van der Waals surface area contributed by atoms with Crippen molar-refractivity contribution in [2.45, 2.75) is 25.1 Å². The number of aromatic nitrogens is 2. The van der Waals surface area contributed by atoms with Crippen LogP contribution in [0, 0.1) is 0 Å². The number of piperidine rings is 1. The van der Waals surface area contributed by atoms with E-state index in [2.05, 4.69) is 32.2 Å². The average molecular weight is 480 g/mol. The highest BCUT2D eigenvalue weighted by Gasteiger charge is 2.32. The molecule has 4 rings (SSSR count). The van der Waals surface area contributed by atoms with Gasteiger partial charge >= 0.3 is 6.18 Å². The SMILES string of the molecule is CN1CCC[C@@H](Nc2nnc(-c3ccc(C(F)(F)F)cc3NS(C)(=O)=O)c3ccccc23)C1. The van der Waals surface area contributed by atoms with Gasteiger partial charge in [0.25, 0.3) is 0 Å². The summed E-state index contributed by atoms with van der Waals surface area (Å²) < 4.78 is 65.8. The molecule has 1 atom stereocenters. The minimum atomic E-state index is -4.62. The van der Waals surface area contributed by atoms with E-state index in [0.717, 1.165) is 49.7 Å². The Bertz CT molecular complexity index is 1280. The van der Waals surface area contributed by atoms with E-state index in [-0.39, 0.29) is 23.0 Å². The van der Waals surface area contributed by atoms with Crippen LogP contribution in [0.4, 0.5) is 24.7 Å². The summed E-state index contributed by atoms with van der Waals surface area (Å²) in [4.78, 5) is 2.23. The molecule has 2 heterocycles. The van der Waals surface area contributed by atoms with Crippen molar-refractivity contribution >= 4 is 32.3 Å². The third-order valence-electron chi connectivity index (χ3n) is 5.55. The Labute approximate surface area is 190 Å². The van der Waals surface area contributed by atoms with Crippen molar-refractivity contribution in [3.63, 3.8) is 0 Å². The van der Waals surface area contributed by atoms with Crippen LogP contribution in [0.25, 0.3) is 22.0 Å². The summed E-state index contributed by atoms with van der Waals surface area (Å²) in [5.41, 5.74) is -0.673. The van der Waals surface area contributed by atoms with E-state index in [1.54, 1.807) is 12.1 Å². The van der Waals surface area contributed by atoms with Gasteiger partial charge in [-0.3, -0.25) is 4.72 Å². The maximum atomic E-state index is 13.3. The highest BCUT2D eigenvalue weighted by atomic mass is 32.2. The number of likely N-dealkylation sites (tertiary alicyclic amines) is 1. The van der Waals surface area contributed by atoms with Crippen molar-refractivity contribution < 1.29 is 21.6 Å². The Hall–Kier alpha value is -2.92. The third kappa shape index (κ3) is 5.36. The summed E-state index contributed by atoms with van der Waals surface area (Å²) in [6.45, 7) is 1.90. The number of fused-ring (bicyclic) bond motifs is 1. The van der Waals surface area contributed by atoms with Gasteiger partial charge in [0.05, 0.1) is 17.5 Å². The number of nitrogens with zero attached hydrogens (tertiary/aromatic N) is 3. The molecule has 3 aromatic rings. The number of hydrogen-bond acceptors (Lipinski definition) is 6. The molecule has 1 saturated heterocycles. The molecular weight excluding hydrogens is 455 g/mol. The minimum absolute atomic E-state index is 0.195. The zero-order valence-electron chi connectivity index (χ0n) is 18.1. The lowest BCUT2D eigenvalue weighted by molar-refractivity contribution is -0.137. The maximum absolute atomic E-state index is 13.3. The molecule has 11 heteroatoms. The lowest BCUT2D eigenvalue weighted by Crippen LogP contribution is -2.40. The van der Waals surface area contributed by atoms with Gasteiger partial charge in [0.15, 0.2) is 5.82 Å². The van der Waals surface area contributed by atoms with E-state index in [1.165, 1.54) is 6.07 Å². The van der Waals surface area contributed by atoms with Gasteiger partial charge in [0.2, 0.25) is 10.0 Å². The summed E-state index contributed by atoms with van der Waals surface area (Å²) in [5.74, 6) is 0.583. The lowest BCUT2D eigenvalue weighted by Gasteiger charge is -2.30. The van der Waals surface area contributed by atoms with Crippen molar-refractivity contribution in [3.8, 4) is 11.3 Å². The lowest BCUT2D eigenvalue weighted by atomic mass is 10.0. The van der Waals surface area contributed by atoms with E-state index in [4.69, 9.17) is 0 Å². The Kier molecular flexibility index (Phi) is 6.19. The number of halogens is 3. The Morgan fingerprint density at radius 1 is 1.09 bits per heavy atom. The van der Waals surface area contributed by atoms with E-state index in [0.29, 0.717) is 11.2 Å². The van der Waals surface area contributed by atoms with Crippen LogP contribution in [0.1, 0.15) is 18.4 Å². The molecular formula is C22H24F3N5O2S. The second kappa shape index (κ2) is 8.79. The zero-order chi connectivity index (χ0) is 23.8. The fourth-order valence-electron chi connectivity index (χ4n) is 4.10. The molecule has 2 N–H and O–H groups in total. The van der Waals surface area contributed by atoms with Crippen molar-refractivity contribution in [1.82, 2.24) is 15.1 Å². The second-order valence-corrected chi connectivity index (χ2v) is 10.1. The van der Waals surface area contributed by atoms with E-state index in [9.17, 15) is 21.6 Å². The first-order valence-electron chi connectivity index (χ1n) is 10.4. The van der Waals surface area contributed by atoms with Gasteiger partial charge < -0.3 is 10.2 Å². The predicted octanol–water partition coefficient (Wildman–Crippen LogP) is 4.19. The number of nitrogens with one attached hydrogen (secondary N) is 2. The largest absolute Gasteiger partial charge is 0.416 e. The first kappa shape index (κ1) is 23.2. The average Bonchev–Trinajstić information content (AvgIpc) is 2.72. The smallest absolute Gasteiger partial charge is 0.364 e. The summed E-state index contributed by atoms with van der Waals surface area (Å²) in [5, 5.41) is 13.5. The number of rotatable bonds is 5. The third-order valence-corrected chi connectivity index (χ3v) is 6.14. The standard InChI is InChI=1S/C22H24F3N5O2S/c1-30-11-5-6-15(13-30)26-21-17-8-4-3-7-16(17)20(27-28-21)18-10-9-14(22(23,24)25)12-19(18)29-33(2,31)32/h3-4,7-10,12,15,29H,5-6,11,13H2,1-2H3,(H,26,28)/t15-/m1/s1. The molecule has 0 aliphatic carbocycles. The summed E-state index contributed by atoms with van der Waals surface area (Å²) in [6.07, 6.45) is -1.69. The number of likely N-dealkylation sites (N-methyl/N-ethyl adjacent to an activating group) is 1. The van der Waals surface area contributed by atoms with Gasteiger partial charge in [0, 0.05) is 28.9 Å². The van der Waals surface area contributed by atoms with Gasteiger partial charge in [-0.05, 0) is 44.6 Å². The van der Waals surface area contributed by atoms with Crippen molar-refractivity contribution in [1.29, 1.82) is 0 Å². The molecule has 2 aromatic carbocycles. The van der Waals surface area contributed by atoms with Crippen LogP contribution in [0.3, 0.4) is 0 Å². The Balaban J connectivity index is 1.82. The van der Waals surface area contributed by atoms with Gasteiger partial charge in [-0.25, -0.2) is 8.42 Å². The molecule has 0 amide bonds. The maximum Gasteiger partial charge on any atom is 0.416 e. The molecule has 176 valence electrons. The van der Waals surface area contributed by atoms with Gasteiger partial charge in [-0.2, -0.15) is 13.2 Å². The van der Waals surface area contributed by atoms with Crippen LogP contribution in [0.15, 0.2) is 42.5 Å². The van der Waals surface area contributed by atoms with Crippen LogP contribution in [0.2, 0.25) is 0 Å². The number of sulfonamides is 1. The molecule has 1 aromatic heterocycles. The molecule has 33 heavy (non-hydrogen) atoms. The van der Waals surface area contributed by atoms with Gasteiger partial charge in [-0.1, -0.05) is 24.3 Å². The predicted molar refractivity (Wildman–Crippen MR) is 123 cm³/mol. The highest BCUT2D eigenvalue weighted by molar-refractivity contribution is 7.92. The molecule has 0 unspecified atom stereocenters. The number of anilines is 2. The van der Waals surface area contributed by atoms with Gasteiger partial charge in [0.1, 0.15) is 5.69 Å². The summed E-state index contributed by atoms with van der Waals surface area (Å²) in [6, 6.07) is 10.4. The highest BCUT2D eigenvalue weighted by Crippen LogP contribution is 2.38. The van der Waals surface area contributed by atoms with E-state index >= 15 is 0 Å². The first-order valence-corrected chi connectivity index (χ1v) is 12.3. The molecule has 0 radical (unpaired) electrons. The zero-order valence-corrected chi connectivity index (χ0v) is 19.0. The fourth-order valence-corrected chi connectivity index (χ4v) is 4.67. The number of hydrogen-bond donors (Lipinski definition) is 2. The van der Waals surface area contributed by atoms with Crippen LogP contribution >= 0.6 is 0 Å². The van der Waals surface area contributed by atoms with Crippen LogP contribution in [-0.2, 0) is 16.2 Å². The van der Waals surface area contributed by atoms with E-state index < -0.39 is 21.8 Å². The monoisotopic (exact) mass is 479 g/mol. The first-order chi connectivity index (χ1) is 15.5. The number of benzene rings is 2. The van der Waals surface area contributed by atoms with Crippen molar-refractivity contribution in [3.05, 3.63) is 48.0 Å². The number of alkyl halides is 3. The summed E-state index contributed by atoms with van der Waals surface area (Å²) in [7, 11) is -1.78. The molecule has 1 aliphatic heterocycles. The molecule has 0 saturated carbocycles. The van der Waals surface area contributed by atoms with E-state index in [1.807, 2.05) is 12.1 Å². The summed E-state index contributed by atoms with van der Waals surface area (Å²) >= 11 is 0. The Morgan fingerprint density at radius 2 is 1.82 bits per heavy atom. The fraction of sp³-hybridized carbons (Fsp3) is 0.364. The molecule has 0 spiro atoms. The quantitative estimate of drug-likeness (QED) is 0.571. The molecule has 7 nitrogen and oxygen atoms in total. The molecule has 1 aliphatic rings. The normalized spacial score (nSPS) is 17.8. The minimum Gasteiger partial charge on any atom is -0.364 e.